The number of aliphatic hydroxyl groups excluding tert-OH is 2. The van der Waals surface area contributed by atoms with Crippen molar-refractivity contribution < 1.29 is 38.6 Å². The van der Waals surface area contributed by atoms with E-state index in [0.717, 1.165) is 95.7 Å². The lowest BCUT2D eigenvalue weighted by Crippen LogP contribution is -2.38. The zero-order chi connectivity index (χ0) is 69.8. The minimum Gasteiger partial charge on any atom is -0.389 e. The number of aromatic nitrogens is 2. The van der Waals surface area contributed by atoms with Gasteiger partial charge in [0.2, 0.25) is 0 Å². The first kappa shape index (κ1) is 85.2. The predicted molar refractivity (Wildman–Crippen MR) is 408 cm³/mol. The molecule has 96 heavy (non-hydrogen) atoms. The van der Waals surface area contributed by atoms with Crippen LogP contribution in [-0.2, 0) is 41.3 Å². The van der Waals surface area contributed by atoms with Gasteiger partial charge in [-0.15, -0.1) is 0 Å². The number of aliphatic hydroxyl groups is 2. The number of nitrogens with zero attached hydrogens (tertiary/aromatic N) is 1. The molecule has 2 aromatic heterocycles. The van der Waals surface area contributed by atoms with Gasteiger partial charge in [-0.3, -0.25) is 0 Å². The van der Waals surface area contributed by atoms with Gasteiger partial charge in [0.15, 0.2) is 12.6 Å². The van der Waals surface area contributed by atoms with E-state index < -0.39 is 24.8 Å². The maximum Gasteiger partial charge on any atom is 0.186 e. The van der Waals surface area contributed by atoms with E-state index in [9.17, 15) is 10.2 Å². The molecule has 2 aromatic carbocycles. The molecule has 0 saturated carbocycles. The summed E-state index contributed by atoms with van der Waals surface area (Å²) in [5.74, 6) is 0. The van der Waals surface area contributed by atoms with Gasteiger partial charge in [-0.25, -0.2) is 0 Å². The smallest absolute Gasteiger partial charge is 0.186 e. The van der Waals surface area contributed by atoms with Crippen LogP contribution in [0.1, 0.15) is 343 Å². The molecule has 0 bridgehead atoms. The maximum atomic E-state index is 11.3. The molecule has 2 heterocycles. The van der Waals surface area contributed by atoms with Gasteiger partial charge in [-0.2, -0.15) is 0 Å². The van der Waals surface area contributed by atoms with E-state index in [4.69, 9.17) is 28.4 Å². The Bertz CT molecular complexity index is 2310. The fourth-order valence-electron chi connectivity index (χ4n) is 13.3. The number of allylic oxidation sites excluding steroid dienone is 1. The van der Waals surface area contributed by atoms with Gasteiger partial charge >= 0.3 is 0 Å². The summed E-state index contributed by atoms with van der Waals surface area (Å²) in [5.41, 5.74) is 8.38. The van der Waals surface area contributed by atoms with Crippen molar-refractivity contribution in [1.29, 1.82) is 0 Å². The van der Waals surface area contributed by atoms with Gasteiger partial charge < -0.3 is 53.5 Å². The van der Waals surface area contributed by atoms with Crippen LogP contribution in [0.2, 0.25) is 0 Å². The third-order valence-electron chi connectivity index (χ3n) is 18.8. The third kappa shape index (κ3) is 40.9. The second-order valence-corrected chi connectivity index (χ2v) is 33.5. The number of hydrogen-bond donors (Lipinski definition) is 4. The van der Waals surface area contributed by atoms with Crippen LogP contribution in [0.15, 0.2) is 60.8 Å². The quantitative estimate of drug-likeness (QED) is 0.0252. The van der Waals surface area contributed by atoms with Gasteiger partial charge in [-0.05, 0) is 124 Å². The molecule has 0 fully saturated rings. The van der Waals surface area contributed by atoms with Crippen molar-refractivity contribution in [1.82, 2.24) is 14.9 Å². The molecule has 0 spiro atoms. The number of aromatic amines is 2. The van der Waals surface area contributed by atoms with E-state index >= 15 is 0 Å². The normalized spacial score (nSPS) is 13.5. The first-order chi connectivity index (χ1) is 46.0. The van der Waals surface area contributed by atoms with Crippen LogP contribution < -0.4 is 0 Å². The number of unbranched alkanes of at least 4 members (excludes halogenated alkanes) is 24. The molecule has 4 N–H and O–H groups in total. The molecule has 0 aliphatic carbocycles. The van der Waals surface area contributed by atoms with E-state index in [0.29, 0.717) is 74.4 Å². The van der Waals surface area contributed by atoms with Gasteiger partial charge in [0, 0.05) is 70.6 Å². The number of hydrogen-bond acceptors (Lipinski definition) is 9. The molecule has 0 amide bonds. The van der Waals surface area contributed by atoms with Crippen molar-refractivity contribution >= 4 is 21.8 Å². The van der Waals surface area contributed by atoms with E-state index in [2.05, 4.69) is 142 Å². The number of benzene rings is 2. The summed E-state index contributed by atoms with van der Waals surface area (Å²) < 4.78 is 39.3. The Kier molecular flexibility index (Phi) is 43.8. The standard InChI is InChI=1S/C85H149N3O8/c1-14-59-88(66-70(89)68-91-60-47-53-76-78(72-49-35-37-51-74(72)86-76)80(93-62-43-31-23-15-19-27-39-55-82(2,3)4)94-63-44-32-24-16-20-28-40-56-83(5,6)7)67-71(90)69-92-61-48-54-77-79(73-50-36-38-52-75(73)87-77)81(95-64-45-33-25-17-21-29-41-57-84(8,9)10)96-65-46-34-26-18-22-30-42-58-85(11,12)13/h14,35-38,49-52,59,70-71,80-81,86-87,89-90H,15-34,39-48,53-58,60-69H2,1-13H3. The molecule has 11 heteroatoms. The third-order valence-corrected chi connectivity index (χ3v) is 18.8. The number of fused-ring (bicyclic) bond motifs is 2. The molecule has 0 aliphatic heterocycles. The SMILES string of the molecule is CC=CN(CC(O)COCCCc1[nH]c2ccccc2c1C(OCCCCCCCCCC(C)(C)C)OCCCCCCCCCC(C)(C)C)CC(O)COCCCc1[nH]c2ccccc2c1C(OCCCCCCCCCC(C)(C)C)OCCCCCCCCCC(C)(C)C. The lowest BCUT2D eigenvalue weighted by atomic mass is 9.89. The zero-order valence-electron chi connectivity index (χ0n) is 64.4. The summed E-state index contributed by atoms with van der Waals surface area (Å²) in [6, 6.07) is 17.1. The van der Waals surface area contributed by atoms with Crippen LogP contribution >= 0.6 is 0 Å². The van der Waals surface area contributed by atoms with Crippen molar-refractivity contribution in [2.75, 3.05) is 65.9 Å². The summed E-state index contributed by atoms with van der Waals surface area (Å²) >= 11 is 0. The fourth-order valence-corrected chi connectivity index (χ4v) is 13.3. The van der Waals surface area contributed by atoms with Gasteiger partial charge in [0.1, 0.15) is 0 Å². The predicted octanol–water partition coefficient (Wildman–Crippen LogP) is 23.5. The van der Waals surface area contributed by atoms with Crippen LogP contribution in [0, 0.1) is 21.7 Å². The van der Waals surface area contributed by atoms with Crippen LogP contribution in [0.3, 0.4) is 0 Å². The Hall–Kier alpha value is -3.26. The molecule has 0 aliphatic rings. The lowest BCUT2D eigenvalue weighted by Gasteiger charge is -2.26. The van der Waals surface area contributed by atoms with Crippen LogP contribution in [0.25, 0.3) is 21.8 Å². The summed E-state index contributed by atoms with van der Waals surface area (Å²) in [6.07, 6.45) is 44.7. The lowest BCUT2D eigenvalue weighted by molar-refractivity contribution is -0.148. The Morgan fingerprint density at radius 3 is 0.917 bits per heavy atom. The summed E-state index contributed by atoms with van der Waals surface area (Å²) in [7, 11) is 0. The van der Waals surface area contributed by atoms with Crippen molar-refractivity contribution in [3.8, 4) is 0 Å². The highest BCUT2D eigenvalue weighted by molar-refractivity contribution is 5.85. The Morgan fingerprint density at radius 2 is 0.635 bits per heavy atom. The number of H-pyrrole nitrogens is 2. The van der Waals surface area contributed by atoms with E-state index in [1.54, 1.807) is 0 Å². The molecular weight excluding hydrogens is 1190 g/mol. The monoisotopic (exact) mass is 1340 g/mol. The zero-order valence-corrected chi connectivity index (χ0v) is 64.4. The van der Waals surface area contributed by atoms with Gasteiger partial charge in [-0.1, -0.05) is 280 Å². The molecule has 4 rings (SSSR count). The fraction of sp³-hybridized carbons (Fsp3) is 0.788. The van der Waals surface area contributed by atoms with Crippen molar-refractivity contribution in [2.45, 2.75) is 346 Å². The van der Waals surface area contributed by atoms with Crippen molar-refractivity contribution in [3.63, 3.8) is 0 Å². The van der Waals surface area contributed by atoms with Crippen LogP contribution in [-0.4, -0.2) is 103 Å². The summed E-state index contributed by atoms with van der Waals surface area (Å²) in [4.78, 5) is 9.45. The molecule has 2 unspecified atom stereocenters. The molecule has 2 atom stereocenters. The maximum absolute atomic E-state index is 11.3. The average Bonchev–Trinajstić information content (AvgIpc) is 1.65. The first-order valence-electron chi connectivity index (χ1n) is 39.6. The molecule has 0 saturated heterocycles. The van der Waals surface area contributed by atoms with E-state index in [-0.39, 0.29) is 13.2 Å². The molecule has 552 valence electrons. The largest absolute Gasteiger partial charge is 0.389 e. The van der Waals surface area contributed by atoms with Gasteiger partial charge in [0.25, 0.3) is 0 Å². The van der Waals surface area contributed by atoms with E-state index in [1.807, 2.05) is 24.1 Å². The van der Waals surface area contributed by atoms with E-state index in [1.165, 1.54) is 180 Å². The van der Waals surface area contributed by atoms with Crippen LogP contribution in [0.5, 0.6) is 0 Å². The molecule has 0 radical (unpaired) electrons. The highest BCUT2D eigenvalue weighted by atomic mass is 16.7. The summed E-state index contributed by atoms with van der Waals surface area (Å²) in [6.45, 7) is 34.9. The Balaban J connectivity index is 1.25. The van der Waals surface area contributed by atoms with Gasteiger partial charge in [0.05, 0.1) is 51.8 Å². The Labute approximate surface area is 589 Å². The average molecular weight is 1340 g/mol. The molecule has 4 aromatic rings. The number of nitrogens with one attached hydrogen (secondary N) is 2. The molecular formula is C85H149N3O8. The minimum absolute atomic E-state index is 0.200. The Morgan fingerprint density at radius 1 is 0.365 bits per heavy atom. The second kappa shape index (κ2) is 49.3. The van der Waals surface area contributed by atoms with Crippen molar-refractivity contribution in [2.24, 2.45) is 21.7 Å². The summed E-state index contributed by atoms with van der Waals surface area (Å²) in [5, 5.41) is 24.9. The second-order valence-electron chi connectivity index (χ2n) is 33.5. The number of rotatable bonds is 59. The number of ether oxygens (including phenoxy) is 6. The van der Waals surface area contributed by atoms with Crippen LogP contribution in [0.4, 0.5) is 0 Å². The first-order valence-corrected chi connectivity index (χ1v) is 39.6. The number of aryl methyl sites for hydroxylation is 2. The highest BCUT2D eigenvalue weighted by Crippen LogP contribution is 2.36. The topological polar surface area (TPSA) is 131 Å². The minimum atomic E-state index is -0.732. The number of para-hydroxylation sites is 2. The van der Waals surface area contributed by atoms with Crippen molar-refractivity contribution in [3.05, 3.63) is 83.3 Å². The molecule has 11 nitrogen and oxygen atoms in total. The highest BCUT2D eigenvalue weighted by Gasteiger charge is 2.25.